The van der Waals surface area contributed by atoms with Crippen LogP contribution in [-0.4, -0.2) is 21.7 Å². The van der Waals surface area contributed by atoms with Gasteiger partial charge in [0.15, 0.2) is 12.0 Å². The molecule has 140 valence electrons. The molecule has 0 bridgehead atoms. The molecule has 2 aromatic heterocycles. The first-order chi connectivity index (χ1) is 13.0. The fraction of sp³-hybridized carbons (Fsp3) is 0.200. The van der Waals surface area contributed by atoms with Gasteiger partial charge in [-0.3, -0.25) is 9.78 Å². The van der Waals surface area contributed by atoms with Gasteiger partial charge in [0.25, 0.3) is 5.56 Å². The Hall–Kier alpha value is -3.03. The van der Waals surface area contributed by atoms with Crippen LogP contribution in [0.15, 0.2) is 54.2 Å². The molecular weight excluding hydrogens is 351 g/mol. The first-order valence-corrected chi connectivity index (χ1v) is 8.40. The van der Waals surface area contributed by atoms with E-state index < -0.39 is 11.8 Å². The molecule has 27 heavy (non-hydrogen) atoms. The largest absolute Gasteiger partial charge is 0.463 e. The Labute approximate surface area is 154 Å². The maximum atomic E-state index is 13.1. The highest BCUT2D eigenvalue weighted by atomic mass is 19.1. The molecule has 2 heterocycles. The first kappa shape index (κ1) is 18.8. The Morgan fingerprint density at radius 1 is 1.37 bits per heavy atom. The van der Waals surface area contributed by atoms with Crippen molar-refractivity contribution in [1.82, 2.24) is 9.97 Å². The molecule has 0 saturated carbocycles. The average molecular weight is 370 g/mol. The normalized spacial score (nSPS) is 12.1. The number of benzene rings is 1. The highest BCUT2D eigenvalue weighted by molar-refractivity contribution is 5.82. The molecule has 3 aromatic rings. The number of rotatable bonds is 7. The van der Waals surface area contributed by atoms with Gasteiger partial charge in [0.05, 0.1) is 17.3 Å². The number of nitrogens with zero attached hydrogens (tertiary/aromatic N) is 1. The van der Waals surface area contributed by atoms with Crippen molar-refractivity contribution in [2.45, 2.75) is 19.6 Å². The lowest BCUT2D eigenvalue weighted by atomic mass is 10.0. The summed E-state index contributed by atoms with van der Waals surface area (Å²) in [4.78, 5) is 19.4. The molecule has 7 heteroatoms. The van der Waals surface area contributed by atoms with E-state index in [4.69, 9.17) is 9.47 Å². The predicted molar refractivity (Wildman–Crippen MR) is 99.0 cm³/mol. The molecule has 0 spiro atoms. The molecule has 1 unspecified atom stereocenters. The summed E-state index contributed by atoms with van der Waals surface area (Å²) in [7, 11) is 0. The summed E-state index contributed by atoms with van der Waals surface area (Å²) in [6, 6.07) is 7.55. The fourth-order valence-corrected chi connectivity index (χ4v) is 2.77. The van der Waals surface area contributed by atoms with Gasteiger partial charge in [0, 0.05) is 24.8 Å². The minimum Gasteiger partial charge on any atom is -0.463 e. The van der Waals surface area contributed by atoms with Crippen LogP contribution in [0.3, 0.4) is 0 Å². The van der Waals surface area contributed by atoms with Crippen molar-refractivity contribution in [2.24, 2.45) is 0 Å². The molecule has 1 atom stereocenters. The predicted octanol–water partition coefficient (Wildman–Crippen LogP) is 3.20. The zero-order valence-corrected chi connectivity index (χ0v) is 14.7. The molecular formula is C20H19FN2O4. The number of aromatic amines is 1. The average Bonchev–Trinajstić information content (AvgIpc) is 2.65. The molecule has 0 aliphatic heterocycles. The van der Waals surface area contributed by atoms with Crippen molar-refractivity contribution in [3.8, 4) is 5.75 Å². The minimum absolute atomic E-state index is 0.0627. The van der Waals surface area contributed by atoms with Gasteiger partial charge >= 0.3 is 0 Å². The third-order valence-corrected chi connectivity index (χ3v) is 4.03. The standard InChI is InChI=1S/C20H19FN2O4/c1-3-26-18-13(9-12-5-7-14(21)8-6-12)11-22-16-10-15(20(25)27-4-2)19(24)23-17(16)18/h3,5-8,10-11,20,25H,1,4,9H2,2H3,(H,23,24). The van der Waals surface area contributed by atoms with E-state index in [9.17, 15) is 14.3 Å². The Kier molecular flexibility index (Phi) is 5.63. The van der Waals surface area contributed by atoms with Crippen LogP contribution in [0.2, 0.25) is 0 Å². The molecule has 0 fully saturated rings. The zero-order valence-electron chi connectivity index (χ0n) is 14.7. The number of ether oxygens (including phenoxy) is 2. The number of fused-ring (bicyclic) bond motifs is 1. The van der Waals surface area contributed by atoms with Gasteiger partial charge in [-0.2, -0.15) is 0 Å². The smallest absolute Gasteiger partial charge is 0.256 e. The quantitative estimate of drug-likeness (QED) is 0.493. The van der Waals surface area contributed by atoms with E-state index in [-0.39, 0.29) is 18.0 Å². The van der Waals surface area contributed by atoms with Crippen molar-refractivity contribution in [3.05, 3.63) is 82.2 Å². The van der Waals surface area contributed by atoms with Crippen LogP contribution in [0.25, 0.3) is 11.0 Å². The third kappa shape index (κ3) is 4.05. The van der Waals surface area contributed by atoms with Crippen molar-refractivity contribution in [1.29, 1.82) is 0 Å². The van der Waals surface area contributed by atoms with Crippen LogP contribution in [0.5, 0.6) is 5.75 Å². The Bertz CT molecular complexity index is 1010. The van der Waals surface area contributed by atoms with Crippen LogP contribution < -0.4 is 10.3 Å². The van der Waals surface area contributed by atoms with Crippen LogP contribution in [0, 0.1) is 5.82 Å². The molecule has 0 saturated heterocycles. The second-order valence-electron chi connectivity index (χ2n) is 5.82. The second-order valence-corrected chi connectivity index (χ2v) is 5.82. The monoisotopic (exact) mass is 370 g/mol. The summed E-state index contributed by atoms with van der Waals surface area (Å²) in [5.74, 6) is 0.0801. The Morgan fingerprint density at radius 2 is 2.11 bits per heavy atom. The number of nitrogens with one attached hydrogen (secondary N) is 1. The second kappa shape index (κ2) is 8.11. The summed E-state index contributed by atoms with van der Waals surface area (Å²) in [5.41, 5.74) is 1.93. The van der Waals surface area contributed by atoms with E-state index in [0.29, 0.717) is 28.8 Å². The summed E-state index contributed by atoms with van der Waals surface area (Å²) < 4.78 is 23.7. The molecule has 0 amide bonds. The summed E-state index contributed by atoms with van der Waals surface area (Å²) in [6.45, 7) is 5.55. The summed E-state index contributed by atoms with van der Waals surface area (Å²) in [6.07, 6.45) is 1.95. The number of aromatic nitrogens is 2. The van der Waals surface area contributed by atoms with E-state index in [1.807, 2.05) is 0 Å². The van der Waals surface area contributed by atoms with E-state index in [1.54, 1.807) is 25.3 Å². The van der Waals surface area contributed by atoms with Crippen LogP contribution in [0.4, 0.5) is 4.39 Å². The number of halogens is 1. The summed E-state index contributed by atoms with van der Waals surface area (Å²) in [5, 5.41) is 9.96. The third-order valence-electron chi connectivity index (χ3n) is 4.03. The maximum absolute atomic E-state index is 13.1. The van der Waals surface area contributed by atoms with Gasteiger partial charge in [0.1, 0.15) is 11.3 Å². The van der Waals surface area contributed by atoms with E-state index in [2.05, 4.69) is 16.5 Å². The van der Waals surface area contributed by atoms with Gasteiger partial charge in [-0.05, 0) is 30.7 Å². The lowest BCUT2D eigenvalue weighted by molar-refractivity contribution is -0.0987. The zero-order chi connectivity index (χ0) is 19.4. The van der Waals surface area contributed by atoms with E-state index >= 15 is 0 Å². The van der Waals surface area contributed by atoms with E-state index in [1.165, 1.54) is 24.5 Å². The van der Waals surface area contributed by atoms with Gasteiger partial charge in [-0.1, -0.05) is 18.7 Å². The highest BCUT2D eigenvalue weighted by Crippen LogP contribution is 2.29. The fourth-order valence-electron chi connectivity index (χ4n) is 2.77. The van der Waals surface area contributed by atoms with Gasteiger partial charge < -0.3 is 19.6 Å². The molecule has 6 nitrogen and oxygen atoms in total. The molecule has 0 aliphatic rings. The first-order valence-electron chi connectivity index (χ1n) is 8.40. The van der Waals surface area contributed by atoms with Gasteiger partial charge in [0.2, 0.25) is 0 Å². The Balaban J connectivity index is 2.09. The number of aliphatic hydroxyl groups excluding tert-OH is 1. The molecule has 2 N–H and O–H groups in total. The number of hydrogen-bond acceptors (Lipinski definition) is 5. The van der Waals surface area contributed by atoms with Crippen LogP contribution in [0.1, 0.15) is 29.9 Å². The van der Waals surface area contributed by atoms with Crippen molar-refractivity contribution in [2.75, 3.05) is 6.61 Å². The van der Waals surface area contributed by atoms with Crippen molar-refractivity contribution >= 4 is 11.0 Å². The highest BCUT2D eigenvalue weighted by Gasteiger charge is 2.17. The number of hydrogen-bond donors (Lipinski definition) is 2. The number of H-pyrrole nitrogens is 1. The van der Waals surface area contributed by atoms with Gasteiger partial charge in [-0.25, -0.2) is 4.39 Å². The van der Waals surface area contributed by atoms with E-state index in [0.717, 1.165) is 5.56 Å². The molecule has 3 rings (SSSR count). The molecule has 1 aromatic carbocycles. The number of pyridine rings is 2. The molecule has 0 radical (unpaired) electrons. The topological polar surface area (TPSA) is 84.4 Å². The summed E-state index contributed by atoms with van der Waals surface area (Å²) >= 11 is 0. The van der Waals surface area contributed by atoms with Gasteiger partial charge in [-0.15, -0.1) is 0 Å². The number of aliphatic hydroxyl groups is 1. The minimum atomic E-state index is -1.34. The maximum Gasteiger partial charge on any atom is 0.256 e. The van der Waals surface area contributed by atoms with Crippen LogP contribution >= 0.6 is 0 Å². The SMILES string of the molecule is C=COc1c(Cc2ccc(F)cc2)cnc2cc(C(O)OCC)c(=O)[nH]c12. The van der Waals surface area contributed by atoms with Crippen molar-refractivity contribution in [3.63, 3.8) is 0 Å². The van der Waals surface area contributed by atoms with Crippen LogP contribution in [-0.2, 0) is 11.2 Å². The Morgan fingerprint density at radius 3 is 2.78 bits per heavy atom. The lowest BCUT2D eigenvalue weighted by Gasteiger charge is -2.14. The lowest BCUT2D eigenvalue weighted by Crippen LogP contribution is -2.18. The van der Waals surface area contributed by atoms with Crippen molar-refractivity contribution < 1.29 is 19.0 Å². The molecule has 0 aliphatic carbocycles.